The highest BCUT2D eigenvalue weighted by Crippen LogP contribution is 2.41. The van der Waals surface area contributed by atoms with Crippen molar-refractivity contribution in [2.45, 2.75) is 13.8 Å². The van der Waals surface area contributed by atoms with Gasteiger partial charge in [-0.1, -0.05) is 41.6 Å². The molecule has 0 fully saturated rings. The van der Waals surface area contributed by atoms with Crippen molar-refractivity contribution < 1.29 is 19.7 Å². The first-order valence-electron chi connectivity index (χ1n) is 8.43. The number of ether oxygens (including phenoxy) is 1. The summed E-state index contributed by atoms with van der Waals surface area (Å²) in [7, 11) is 0. The number of benzene rings is 2. The van der Waals surface area contributed by atoms with Crippen LogP contribution in [0.1, 0.15) is 18.1 Å². The van der Waals surface area contributed by atoms with Gasteiger partial charge in [-0.05, 0) is 44.2 Å². The van der Waals surface area contributed by atoms with Gasteiger partial charge in [0.1, 0.15) is 22.1 Å². The molecule has 1 aliphatic rings. The molecule has 0 saturated carbocycles. The number of aliphatic imine (C=N–C) groups is 1. The maximum Gasteiger partial charge on any atom is 0.344 e. The molecule has 0 radical (unpaired) electrons. The third-order valence-electron chi connectivity index (χ3n) is 3.83. The zero-order valence-electron chi connectivity index (χ0n) is 15.0. The standard InChI is InChI=1S/C21H19NO4S/c1-3-26-21(25)18-19(24)17(12-14-11-13(2)9-10-16(14)23)27-20(18)22-15-7-5-4-6-8-15/h4-12,23-24H,3H2,1-2H3. The minimum absolute atomic E-state index is 0.0316. The van der Waals surface area contributed by atoms with Crippen LogP contribution in [-0.2, 0) is 9.53 Å². The molecule has 1 aliphatic heterocycles. The number of thioether (sulfide) groups is 1. The SMILES string of the molecule is CCOC(=O)C1=C(O)C(=Cc2cc(C)ccc2O)SC1=Nc1ccccc1. The Morgan fingerprint density at radius 3 is 2.63 bits per heavy atom. The summed E-state index contributed by atoms with van der Waals surface area (Å²) in [6.45, 7) is 3.80. The fourth-order valence-electron chi connectivity index (χ4n) is 2.54. The largest absolute Gasteiger partial charge is 0.507 e. The van der Waals surface area contributed by atoms with E-state index in [1.165, 1.54) is 0 Å². The van der Waals surface area contributed by atoms with Crippen LogP contribution in [0, 0.1) is 6.92 Å². The Labute approximate surface area is 161 Å². The van der Waals surface area contributed by atoms with Crippen molar-refractivity contribution in [2.75, 3.05) is 6.61 Å². The molecule has 27 heavy (non-hydrogen) atoms. The Kier molecular flexibility index (Phi) is 5.66. The number of para-hydroxylation sites is 1. The van der Waals surface area contributed by atoms with Gasteiger partial charge >= 0.3 is 5.97 Å². The van der Waals surface area contributed by atoms with Crippen LogP contribution in [0.25, 0.3) is 6.08 Å². The van der Waals surface area contributed by atoms with Crippen LogP contribution in [0.15, 0.2) is 69.8 Å². The fraction of sp³-hybridized carbons (Fsp3) is 0.143. The number of hydrogen-bond acceptors (Lipinski definition) is 6. The van der Waals surface area contributed by atoms with E-state index in [1.54, 1.807) is 31.2 Å². The van der Waals surface area contributed by atoms with Gasteiger partial charge in [0.05, 0.1) is 17.2 Å². The van der Waals surface area contributed by atoms with E-state index >= 15 is 0 Å². The molecule has 0 saturated heterocycles. The smallest absolute Gasteiger partial charge is 0.344 e. The van der Waals surface area contributed by atoms with Crippen molar-refractivity contribution in [1.29, 1.82) is 0 Å². The first-order valence-corrected chi connectivity index (χ1v) is 9.25. The van der Waals surface area contributed by atoms with Crippen LogP contribution in [-0.4, -0.2) is 27.8 Å². The highest BCUT2D eigenvalue weighted by molar-refractivity contribution is 8.18. The molecule has 5 nitrogen and oxygen atoms in total. The van der Waals surface area contributed by atoms with E-state index < -0.39 is 5.97 Å². The molecular formula is C21H19NO4S. The maximum atomic E-state index is 12.4. The topological polar surface area (TPSA) is 79.1 Å². The summed E-state index contributed by atoms with van der Waals surface area (Å²) >= 11 is 1.16. The van der Waals surface area contributed by atoms with Gasteiger partial charge in [-0.25, -0.2) is 9.79 Å². The number of phenolic OH excluding ortho intramolecular Hbond substituents is 1. The minimum Gasteiger partial charge on any atom is -0.507 e. The van der Waals surface area contributed by atoms with E-state index in [0.717, 1.165) is 17.3 Å². The van der Waals surface area contributed by atoms with Gasteiger partial charge < -0.3 is 14.9 Å². The van der Waals surface area contributed by atoms with Gasteiger partial charge in [0.2, 0.25) is 0 Å². The lowest BCUT2D eigenvalue weighted by Gasteiger charge is -2.03. The van der Waals surface area contributed by atoms with Crippen molar-refractivity contribution >= 4 is 34.5 Å². The number of nitrogens with zero attached hydrogens (tertiary/aromatic N) is 1. The summed E-state index contributed by atoms with van der Waals surface area (Å²) in [5.74, 6) is -0.740. The quantitative estimate of drug-likeness (QED) is 0.737. The average molecular weight is 381 g/mol. The predicted molar refractivity (Wildman–Crippen MR) is 108 cm³/mol. The van der Waals surface area contributed by atoms with Crippen molar-refractivity contribution in [3.63, 3.8) is 0 Å². The highest BCUT2D eigenvalue weighted by atomic mass is 32.2. The second-order valence-electron chi connectivity index (χ2n) is 5.87. The number of aliphatic hydroxyl groups is 1. The van der Waals surface area contributed by atoms with E-state index in [1.807, 2.05) is 37.3 Å². The average Bonchev–Trinajstić information content (AvgIpc) is 2.94. The van der Waals surface area contributed by atoms with Crippen LogP contribution < -0.4 is 0 Å². The monoisotopic (exact) mass is 381 g/mol. The molecule has 1 heterocycles. The molecule has 0 spiro atoms. The summed E-state index contributed by atoms with van der Waals surface area (Å²) in [6.07, 6.45) is 1.63. The third-order valence-corrected chi connectivity index (χ3v) is 4.85. The number of carbonyl (C=O) groups is 1. The molecule has 138 valence electrons. The minimum atomic E-state index is -0.631. The number of aliphatic hydroxyl groups excluding tert-OH is 1. The maximum absolute atomic E-state index is 12.4. The summed E-state index contributed by atoms with van der Waals surface area (Å²) < 4.78 is 5.08. The Balaban J connectivity index is 2.07. The summed E-state index contributed by atoms with van der Waals surface area (Å²) in [4.78, 5) is 17.3. The lowest BCUT2D eigenvalue weighted by molar-refractivity contribution is -0.138. The number of esters is 1. The molecule has 2 N–H and O–H groups in total. The van der Waals surface area contributed by atoms with Gasteiger partial charge in [-0.3, -0.25) is 0 Å². The van der Waals surface area contributed by atoms with Gasteiger partial charge in [-0.15, -0.1) is 0 Å². The van der Waals surface area contributed by atoms with E-state index in [0.29, 0.717) is 21.2 Å². The van der Waals surface area contributed by atoms with Crippen molar-refractivity contribution in [1.82, 2.24) is 0 Å². The molecule has 3 rings (SSSR count). The zero-order valence-corrected chi connectivity index (χ0v) is 15.8. The lowest BCUT2D eigenvalue weighted by Crippen LogP contribution is -2.12. The molecule has 0 aromatic heterocycles. The summed E-state index contributed by atoms with van der Waals surface area (Å²) in [6, 6.07) is 14.4. The molecule has 0 aliphatic carbocycles. The van der Waals surface area contributed by atoms with Crippen LogP contribution in [0.4, 0.5) is 5.69 Å². The number of aryl methyl sites for hydroxylation is 1. The molecule has 0 atom stereocenters. The summed E-state index contributed by atoms with van der Waals surface area (Å²) in [5, 5.41) is 21.1. The van der Waals surface area contributed by atoms with E-state index in [2.05, 4.69) is 4.99 Å². The zero-order chi connectivity index (χ0) is 19.4. The van der Waals surface area contributed by atoms with Crippen LogP contribution in [0.5, 0.6) is 5.75 Å². The van der Waals surface area contributed by atoms with Gasteiger partial charge in [0, 0.05) is 5.56 Å². The molecular weight excluding hydrogens is 362 g/mol. The Morgan fingerprint density at radius 1 is 1.19 bits per heavy atom. The van der Waals surface area contributed by atoms with Crippen molar-refractivity contribution in [3.8, 4) is 5.75 Å². The number of hydrogen-bond donors (Lipinski definition) is 2. The van der Waals surface area contributed by atoms with Crippen LogP contribution in [0.2, 0.25) is 0 Å². The van der Waals surface area contributed by atoms with E-state index in [-0.39, 0.29) is 23.7 Å². The summed E-state index contributed by atoms with van der Waals surface area (Å²) in [5.41, 5.74) is 2.21. The number of carbonyl (C=O) groups excluding carboxylic acids is 1. The fourth-order valence-corrected chi connectivity index (χ4v) is 3.57. The van der Waals surface area contributed by atoms with Gasteiger partial charge in [0.15, 0.2) is 0 Å². The second-order valence-corrected chi connectivity index (χ2v) is 6.90. The van der Waals surface area contributed by atoms with Crippen LogP contribution >= 0.6 is 11.8 Å². The Bertz CT molecular complexity index is 961. The predicted octanol–water partition coefficient (Wildman–Crippen LogP) is 4.89. The van der Waals surface area contributed by atoms with E-state index in [4.69, 9.17) is 4.74 Å². The normalized spacial score (nSPS) is 17.0. The number of phenols is 1. The Morgan fingerprint density at radius 2 is 1.93 bits per heavy atom. The third kappa shape index (κ3) is 4.23. The number of aromatic hydroxyl groups is 1. The van der Waals surface area contributed by atoms with Crippen molar-refractivity contribution in [2.24, 2.45) is 4.99 Å². The molecule has 0 bridgehead atoms. The van der Waals surface area contributed by atoms with Gasteiger partial charge in [0.25, 0.3) is 0 Å². The van der Waals surface area contributed by atoms with Gasteiger partial charge in [-0.2, -0.15) is 0 Å². The van der Waals surface area contributed by atoms with Crippen molar-refractivity contribution in [3.05, 3.63) is 75.9 Å². The van der Waals surface area contributed by atoms with E-state index in [9.17, 15) is 15.0 Å². The highest BCUT2D eigenvalue weighted by Gasteiger charge is 2.33. The first kappa shape index (κ1) is 18.8. The first-order chi connectivity index (χ1) is 13.0. The lowest BCUT2D eigenvalue weighted by atomic mass is 10.1. The second kappa shape index (κ2) is 8.14. The number of rotatable bonds is 4. The Hall–Kier alpha value is -2.99. The molecule has 0 amide bonds. The molecule has 6 heteroatoms. The molecule has 0 unspecified atom stereocenters. The molecule has 2 aromatic rings. The molecule has 2 aromatic carbocycles. The van der Waals surface area contributed by atoms with Crippen LogP contribution in [0.3, 0.4) is 0 Å².